The van der Waals surface area contributed by atoms with Gasteiger partial charge < -0.3 is 10.5 Å². The molecule has 2 heterocycles. The van der Waals surface area contributed by atoms with Crippen LogP contribution in [0, 0.1) is 0 Å². The molecule has 0 spiro atoms. The van der Waals surface area contributed by atoms with Crippen molar-refractivity contribution in [2.45, 2.75) is 6.54 Å². The Morgan fingerprint density at radius 2 is 2.29 bits per heavy atom. The Balaban J connectivity index is 2.01. The average Bonchev–Trinajstić information content (AvgIpc) is 3.01. The fourth-order valence-electron chi connectivity index (χ4n) is 1.57. The van der Waals surface area contributed by atoms with Crippen molar-refractivity contribution in [3.8, 4) is 0 Å². The van der Waals surface area contributed by atoms with Crippen LogP contribution in [0.25, 0.3) is 0 Å². The third-order valence-electron chi connectivity index (χ3n) is 2.58. The van der Waals surface area contributed by atoms with Gasteiger partial charge in [0, 0.05) is 6.20 Å². The molecule has 0 saturated heterocycles. The van der Waals surface area contributed by atoms with E-state index in [0.717, 1.165) is 4.88 Å². The maximum atomic E-state index is 11.3. The second-order valence-corrected chi connectivity index (χ2v) is 5.04. The van der Waals surface area contributed by atoms with Gasteiger partial charge in [-0.3, -0.25) is 4.98 Å². The zero-order chi connectivity index (χ0) is 15.2. The number of thiophene rings is 1. The fourth-order valence-corrected chi connectivity index (χ4v) is 2.19. The predicted octanol–water partition coefficient (Wildman–Crippen LogP) is 0.926. The van der Waals surface area contributed by atoms with Crippen molar-refractivity contribution in [2.24, 2.45) is 16.7 Å². The van der Waals surface area contributed by atoms with E-state index in [1.54, 1.807) is 12.1 Å². The molecule has 8 heteroatoms. The lowest BCUT2D eigenvalue weighted by atomic mass is 10.2. The van der Waals surface area contributed by atoms with Crippen molar-refractivity contribution >= 4 is 23.1 Å². The normalized spacial score (nSPS) is 11.2. The van der Waals surface area contributed by atoms with Gasteiger partial charge in [-0.2, -0.15) is 0 Å². The first-order valence-electron chi connectivity index (χ1n) is 6.03. The summed E-state index contributed by atoms with van der Waals surface area (Å²) in [7, 11) is 1.32. The lowest BCUT2D eigenvalue weighted by Gasteiger charge is -2.12. The summed E-state index contributed by atoms with van der Waals surface area (Å²) in [6.45, 7) is 0.271. The lowest BCUT2D eigenvalue weighted by molar-refractivity contribution is 0.0600. The topological polar surface area (TPSA) is 107 Å². The molecule has 0 radical (unpaired) electrons. The molecule has 2 rings (SSSR count). The van der Waals surface area contributed by atoms with E-state index in [1.807, 2.05) is 17.5 Å². The van der Waals surface area contributed by atoms with Gasteiger partial charge in [0.15, 0.2) is 5.84 Å². The Bertz CT molecular complexity index is 625. The van der Waals surface area contributed by atoms with Gasteiger partial charge in [0.05, 0.1) is 29.8 Å². The van der Waals surface area contributed by atoms with Crippen LogP contribution in [0.1, 0.15) is 20.9 Å². The zero-order valence-corrected chi connectivity index (χ0v) is 12.2. The molecule has 0 amide bonds. The maximum Gasteiger partial charge on any atom is 0.339 e. The van der Waals surface area contributed by atoms with Crippen LogP contribution in [0.15, 0.2) is 40.9 Å². The molecule has 21 heavy (non-hydrogen) atoms. The number of pyridine rings is 1. The minimum Gasteiger partial charge on any atom is -0.465 e. The smallest absolute Gasteiger partial charge is 0.339 e. The van der Waals surface area contributed by atoms with Crippen molar-refractivity contribution in [1.82, 2.24) is 10.1 Å². The molecule has 2 aromatic heterocycles. The summed E-state index contributed by atoms with van der Waals surface area (Å²) in [4.78, 5) is 16.3. The molecule has 2 aromatic rings. The second-order valence-electron chi connectivity index (χ2n) is 4.09. The molecule has 4 N–H and O–H groups in total. The van der Waals surface area contributed by atoms with E-state index >= 15 is 0 Å². The number of hydrogen-bond acceptors (Lipinski definition) is 7. The van der Waals surface area contributed by atoms with Crippen LogP contribution < -0.4 is 11.6 Å². The zero-order valence-electron chi connectivity index (χ0n) is 11.4. The Labute approximate surface area is 125 Å². The molecule has 0 aliphatic carbocycles. The van der Waals surface area contributed by atoms with Crippen molar-refractivity contribution in [3.05, 3.63) is 52.0 Å². The van der Waals surface area contributed by atoms with E-state index < -0.39 is 5.97 Å². The number of nitrogens with zero attached hydrogens (tertiary/aromatic N) is 3. The van der Waals surface area contributed by atoms with E-state index in [2.05, 4.69) is 14.8 Å². The van der Waals surface area contributed by atoms with Crippen LogP contribution >= 0.6 is 11.3 Å². The van der Waals surface area contributed by atoms with Gasteiger partial charge >= 0.3 is 5.97 Å². The predicted molar refractivity (Wildman–Crippen MR) is 80.4 cm³/mol. The van der Waals surface area contributed by atoms with Gasteiger partial charge in [-0.1, -0.05) is 6.07 Å². The third kappa shape index (κ3) is 4.01. The minimum atomic E-state index is -0.432. The number of aromatic nitrogens is 1. The molecule has 0 aliphatic heterocycles. The first-order chi connectivity index (χ1) is 10.1. The lowest BCUT2D eigenvalue weighted by Crippen LogP contribution is -2.29. The Kier molecular flexibility index (Phi) is 4.85. The van der Waals surface area contributed by atoms with Gasteiger partial charge in [-0.25, -0.2) is 15.8 Å². The number of hydrogen-bond donors (Lipinski definition) is 2. The highest BCUT2D eigenvalue weighted by atomic mass is 32.1. The quantitative estimate of drug-likeness (QED) is 0.280. The first kappa shape index (κ1) is 14.9. The molecule has 0 unspecified atom stereocenters. The Morgan fingerprint density at radius 3 is 2.86 bits per heavy atom. The summed E-state index contributed by atoms with van der Waals surface area (Å²) in [6, 6.07) is 7.05. The summed E-state index contributed by atoms with van der Waals surface area (Å²) in [5.41, 5.74) is 6.87. The molecule has 0 fully saturated rings. The number of rotatable bonds is 5. The number of esters is 1. The van der Waals surface area contributed by atoms with Gasteiger partial charge in [-0.05, 0) is 23.6 Å². The van der Waals surface area contributed by atoms with E-state index in [9.17, 15) is 4.79 Å². The minimum absolute atomic E-state index is 0.271. The van der Waals surface area contributed by atoms with Crippen LogP contribution in [0.2, 0.25) is 0 Å². The van der Waals surface area contributed by atoms with Crippen LogP contribution in [0.3, 0.4) is 0 Å². The van der Waals surface area contributed by atoms with Crippen LogP contribution in [-0.4, -0.2) is 29.0 Å². The van der Waals surface area contributed by atoms with Crippen LogP contribution in [-0.2, 0) is 11.3 Å². The number of nitrogens with two attached hydrogens (primary N) is 2. The molecular formula is C13H15N5O2S. The SMILES string of the molecule is COC(=O)c1ccc(CN(N)/N=C(\N)c2cccs2)nc1. The van der Waals surface area contributed by atoms with Gasteiger partial charge in [0.2, 0.25) is 0 Å². The molecule has 0 aliphatic rings. The molecular weight excluding hydrogens is 290 g/mol. The summed E-state index contributed by atoms with van der Waals surface area (Å²) >= 11 is 1.48. The number of hydrazine groups is 1. The fraction of sp³-hybridized carbons (Fsp3) is 0.154. The summed E-state index contributed by atoms with van der Waals surface area (Å²) in [6.07, 6.45) is 1.43. The molecule has 0 aromatic carbocycles. The second kappa shape index (κ2) is 6.82. The van der Waals surface area contributed by atoms with Gasteiger partial charge in [-0.15, -0.1) is 16.4 Å². The standard InChI is InChI=1S/C13H15N5O2S/c1-20-13(19)9-4-5-10(16-7-9)8-18(15)17-12(14)11-3-2-6-21-11/h2-7H,8,15H2,1H3,(H2,14,17). The molecule has 110 valence electrons. The van der Waals surface area contributed by atoms with E-state index in [1.165, 1.54) is 29.8 Å². The van der Waals surface area contributed by atoms with Crippen molar-refractivity contribution in [1.29, 1.82) is 0 Å². The highest BCUT2D eigenvalue weighted by molar-refractivity contribution is 7.12. The number of hydrazone groups is 1. The molecule has 0 atom stereocenters. The van der Waals surface area contributed by atoms with Crippen molar-refractivity contribution in [3.63, 3.8) is 0 Å². The van der Waals surface area contributed by atoms with Crippen LogP contribution in [0.4, 0.5) is 0 Å². The first-order valence-corrected chi connectivity index (χ1v) is 6.91. The summed E-state index contributed by atoms with van der Waals surface area (Å²) < 4.78 is 4.60. The number of amidine groups is 1. The van der Waals surface area contributed by atoms with Gasteiger partial charge in [0.1, 0.15) is 0 Å². The van der Waals surface area contributed by atoms with E-state index in [0.29, 0.717) is 17.1 Å². The highest BCUT2D eigenvalue weighted by Gasteiger charge is 2.07. The molecule has 0 saturated carbocycles. The largest absolute Gasteiger partial charge is 0.465 e. The maximum absolute atomic E-state index is 11.3. The summed E-state index contributed by atoms with van der Waals surface area (Å²) in [5, 5.41) is 7.18. The van der Waals surface area contributed by atoms with E-state index in [4.69, 9.17) is 11.6 Å². The third-order valence-corrected chi connectivity index (χ3v) is 3.47. The Morgan fingerprint density at radius 1 is 1.48 bits per heavy atom. The Hall–Kier alpha value is -2.45. The van der Waals surface area contributed by atoms with E-state index in [-0.39, 0.29) is 6.54 Å². The monoisotopic (exact) mass is 305 g/mol. The van der Waals surface area contributed by atoms with Crippen molar-refractivity contribution in [2.75, 3.05) is 7.11 Å². The summed E-state index contributed by atoms with van der Waals surface area (Å²) in [5.74, 6) is 5.69. The average molecular weight is 305 g/mol. The number of carbonyl (C=O) groups excluding carboxylic acids is 1. The van der Waals surface area contributed by atoms with Crippen molar-refractivity contribution < 1.29 is 9.53 Å². The van der Waals surface area contributed by atoms with Crippen LogP contribution in [0.5, 0.6) is 0 Å². The number of ether oxygens (including phenoxy) is 1. The number of carbonyl (C=O) groups is 1. The number of methoxy groups -OCH3 is 1. The molecule has 7 nitrogen and oxygen atoms in total. The molecule has 0 bridgehead atoms. The van der Waals surface area contributed by atoms with Gasteiger partial charge in [0.25, 0.3) is 0 Å². The highest BCUT2D eigenvalue weighted by Crippen LogP contribution is 2.08.